The van der Waals surface area contributed by atoms with Crippen molar-refractivity contribution < 1.29 is 9.53 Å². The van der Waals surface area contributed by atoms with E-state index in [1.54, 1.807) is 6.07 Å². The van der Waals surface area contributed by atoms with E-state index in [1.807, 2.05) is 53.9 Å². The number of rotatable bonds is 4. The highest BCUT2D eigenvalue weighted by Gasteiger charge is 2.04. The first-order valence-corrected chi connectivity index (χ1v) is 7.68. The van der Waals surface area contributed by atoms with Crippen molar-refractivity contribution in [3.8, 4) is 5.75 Å². The summed E-state index contributed by atoms with van der Waals surface area (Å²) in [7, 11) is 0. The van der Waals surface area contributed by atoms with Gasteiger partial charge in [0.1, 0.15) is 5.75 Å². The minimum atomic E-state index is -0.310. The monoisotopic (exact) mass is 348 g/mol. The predicted octanol–water partition coefficient (Wildman–Crippen LogP) is 5.14. The van der Waals surface area contributed by atoms with E-state index in [4.69, 9.17) is 4.74 Å². The molecule has 0 radical (unpaired) electrons. The van der Waals surface area contributed by atoms with Gasteiger partial charge in [0, 0.05) is 11.4 Å². The van der Waals surface area contributed by atoms with Gasteiger partial charge in [0.25, 0.3) is 0 Å². The van der Waals surface area contributed by atoms with Crippen LogP contribution < -0.4 is 4.74 Å². The molecule has 0 aliphatic heterocycles. The lowest BCUT2D eigenvalue weighted by molar-refractivity contribution is -0.132. The Balaban J connectivity index is 2.07. The van der Waals surface area contributed by atoms with Crippen molar-refractivity contribution in [3.05, 3.63) is 64.0 Å². The van der Waals surface area contributed by atoms with Crippen LogP contribution in [0.4, 0.5) is 0 Å². The number of carbonyl (C=O) groups excluding carboxylic acids is 1. The summed E-state index contributed by atoms with van der Waals surface area (Å²) in [5.41, 5.74) is 1.12. The Labute approximate surface area is 131 Å². The van der Waals surface area contributed by atoms with Crippen LogP contribution in [0.3, 0.4) is 0 Å². The molecule has 0 unspecified atom stereocenters. The third-order valence-electron chi connectivity index (χ3n) is 2.43. The van der Waals surface area contributed by atoms with E-state index in [-0.39, 0.29) is 5.97 Å². The summed E-state index contributed by atoms with van der Waals surface area (Å²) in [6.07, 6.45) is 2.02. The molecule has 0 atom stereocenters. The van der Waals surface area contributed by atoms with Gasteiger partial charge >= 0.3 is 5.97 Å². The molecule has 0 aliphatic rings. The second-order valence-electron chi connectivity index (χ2n) is 4.01. The lowest BCUT2D eigenvalue weighted by atomic mass is 10.2. The van der Waals surface area contributed by atoms with Crippen molar-refractivity contribution in [2.45, 2.75) is 11.8 Å². The molecule has 0 N–H and O–H groups in total. The predicted molar refractivity (Wildman–Crippen MR) is 86.8 cm³/mol. The first-order valence-electron chi connectivity index (χ1n) is 6.01. The van der Waals surface area contributed by atoms with Crippen LogP contribution >= 0.6 is 27.7 Å². The highest BCUT2D eigenvalue weighted by Crippen LogP contribution is 2.30. The molecule has 4 heteroatoms. The number of benzene rings is 2. The van der Waals surface area contributed by atoms with Gasteiger partial charge in [0.05, 0.1) is 4.90 Å². The molecule has 2 rings (SSSR count). The zero-order valence-electron chi connectivity index (χ0n) is 10.9. The zero-order chi connectivity index (χ0) is 14.4. The molecule has 0 fully saturated rings. The third-order valence-corrected chi connectivity index (χ3v) is 3.82. The van der Waals surface area contributed by atoms with E-state index >= 15 is 0 Å². The molecule has 0 saturated heterocycles. The van der Waals surface area contributed by atoms with Gasteiger partial charge in [-0.25, -0.2) is 0 Å². The van der Waals surface area contributed by atoms with Gasteiger partial charge < -0.3 is 4.74 Å². The Hall–Kier alpha value is -1.52. The molecule has 0 aliphatic carbocycles. The Kier molecular flexibility index (Phi) is 5.44. The van der Waals surface area contributed by atoms with Crippen LogP contribution in [0, 0.1) is 0 Å². The van der Waals surface area contributed by atoms with Crippen LogP contribution in [-0.2, 0) is 4.79 Å². The van der Waals surface area contributed by atoms with Gasteiger partial charge in [-0.2, -0.15) is 0 Å². The van der Waals surface area contributed by atoms with Gasteiger partial charge in [-0.3, -0.25) is 4.79 Å². The van der Waals surface area contributed by atoms with Gasteiger partial charge in [0.2, 0.25) is 0 Å². The Morgan fingerprint density at radius 2 is 1.85 bits per heavy atom. The largest absolute Gasteiger partial charge is 0.426 e. The van der Waals surface area contributed by atoms with Crippen LogP contribution in [-0.4, -0.2) is 5.97 Å². The van der Waals surface area contributed by atoms with Crippen molar-refractivity contribution >= 4 is 39.7 Å². The summed E-state index contributed by atoms with van der Waals surface area (Å²) >= 11 is 4.92. The SMILES string of the molecule is CC(=O)Oc1ccccc1S/C=C/c1ccc(Br)cc1. The van der Waals surface area contributed by atoms with Crippen molar-refractivity contribution in [1.29, 1.82) is 0 Å². The van der Waals surface area contributed by atoms with Gasteiger partial charge in [-0.05, 0) is 41.3 Å². The van der Waals surface area contributed by atoms with Crippen LogP contribution in [0.25, 0.3) is 6.08 Å². The van der Waals surface area contributed by atoms with Crippen molar-refractivity contribution in [3.63, 3.8) is 0 Å². The summed E-state index contributed by atoms with van der Waals surface area (Å²) < 4.78 is 6.22. The average molecular weight is 349 g/mol. The van der Waals surface area contributed by atoms with Crippen LogP contribution in [0.2, 0.25) is 0 Å². The number of thioether (sulfide) groups is 1. The molecule has 102 valence electrons. The summed E-state index contributed by atoms with van der Waals surface area (Å²) in [5, 5.41) is 1.98. The minimum absolute atomic E-state index is 0.310. The van der Waals surface area contributed by atoms with E-state index < -0.39 is 0 Å². The molecule has 2 aromatic carbocycles. The fraction of sp³-hybridized carbons (Fsp3) is 0.0625. The molecule has 0 heterocycles. The van der Waals surface area contributed by atoms with Crippen LogP contribution in [0.1, 0.15) is 12.5 Å². The molecule has 20 heavy (non-hydrogen) atoms. The quantitative estimate of drug-likeness (QED) is 0.434. The number of hydrogen-bond acceptors (Lipinski definition) is 3. The molecule has 0 aromatic heterocycles. The summed E-state index contributed by atoms with van der Waals surface area (Å²) in [6, 6.07) is 15.5. The normalized spacial score (nSPS) is 10.7. The van der Waals surface area contributed by atoms with Gasteiger partial charge in [-0.15, -0.1) is 0 Å². The second kappa shape index (κ2) is 7.31. The highest BCUT2D eigenvalue weighted by atomic mass is 79.9. The molecule has 0 saturated carbocycles. The average Bonchev–Trinajstić information content (AvgIpc) is 2.42. The number of esters is 1. The van der Waals surface area contributed by atoms with Crippen molar-refractivity contribution in [2.24, 2.45) is 0 Å². The fourth-order valence-electron chi connectivity index (χ4n) is 1.55. The Morgan fingerprint density at radius 1 is 1.15 bits per heavy atom. The number of para-hydroxylation sites is 1. The number of carbonyl (C=O) groups is 1. The molecule has 0 bridgehead atoms. The first-order chi connectivity index (χ1) is 9.65. The highest BCUT2D eigenvalue weighted by molar-refractivity contribution is 9.10. The molecular weight excluding hydrogens is 336 g/mol. The van der Waals surface area contributed by atoms with E-state index in [2.05, 4.69) is 15.9 Å². The maximum absolute atomic E-state index is 11.0. The lowest BCUT2D eigenvalue weighted by Gasteiger charge is -2.05. The minimum Gasteiger partial charge on any atom is -0.426 e. The van der Waals surface area contributed by atoms with E-state index in [9.17, 15) is 4.79 Å². The topological polar surface area (TPSA) is 26.3 Å². The van der Waals surface area contributed by atoms with Crippen LogP contribution in [0.5, 0.6) is 5.75 Å². The summed E-state index contributed by atoms with van der Waals surface area (Å²) in [4.78, 5) is 12.0. The number of ether oxygens (including phenoxy) is 1. The molecule has 2 nitrogen and oxygen atoms in total. The van der Waals surface area contributed by atoms with E-state index in [1.165, 1.54) is 18.7 Å². The van der Waals surface area contributed by atoms with Gasteiger partial charge in [0.15, 0.2) is 0 Å². The third kappa shape index (κ3) is 4.54. The van der Waals surface area contributed by atoms with E-state index in [0.717, 1.165) is 14.9 Å². The number of hydrogen-bond donors (Lipinski definition) is 0. The van der Waals surface area contributed by atoms with Crippen molar-refractivity contribution in [1.82, 2.24) is 0 Å². The Bertz CT molecular complexity index is 621. The molecular formula is C16H13BrO2S. The standard InChI is InChI=1S/C16H13BrO2S/c1-12(18)19-15-4-2-3-5-16(15)20-11-10-13-6-8-14(17)9-7-13/h2-11H,1H3/b11-10+. The maximum Gasteiger partial charge on any atom is 0.308 e. The summed E-state index contributed by atoms with van der Waals surface area (Å²) in [5.74, 6) is 0.278. The van der Waals surface area contributed by atoms with Crippen molar-refractivity contribution in [2.75, 3.05) is 0 Å². The molecule has 2 aromatic rings. The summed E-state index contributed by atoms with van der Waals surface area (Å²) in [6.45, 7) is 1.40. The Morgan fingerprint density at radius 3 is 2.55 bits per heavy atom. The lowest BCUT2D eigenvalue weighted by Crippen LogP contribution is -2.01. The second-order valence-corrected chi connectivity index (χ2v) is 5.88. The van der Waals surface area contributed by atoms with E-state index in [0.29, 0.717) is 5.75 Å². The molecule has 0 amide bonds. The molecule has 0 spiro atoms. The van der Waals surface area contributed by atoms with Crippen LogP contribution in [0.15, 0.2) is 63.3 Å². The van der Waals surface area contributed by atoms with Gasteiger partial charge in [-0.1, -0.05) is 52.0 Å². The maximum atomic E-state index is 11.0. The number of halogens is 1. The zero-order valence-corrected chi connectivity index (χ0v) is 13.3. The smallest absolute Gasteiger partial charge is 0.308 e. The fourth-order valence-corrected chi connectivity index (χ4v) is 2.57. The first kappa shape index (κ1) is 14.9.